The second kappa shape index (κ2) is 8.23. The second-order valence-electron chi connectivity index (χ2n) is 6.61. The Morgan fingerprint density at radius 1 is 1.21 bits per heavy atom. The molecule has 0 spiro atoms. The Morgan fingerprint density at radius 3 is 2.42 bits per heavy atom. The second-order valence-corrected chi connectivity index (χ2v) is 6.61. The van der Waals surface area contributed by atoms with Crippen molar-refractivity contribution in [2.45, 2.75) is 58.6 Å². The van der Waals surface area contributed by atoms with Gasteiger partial charge in [-0.1, -0.05) is 20.3 Å². The summed E-state index contributed by atoms with van der Waals surface area (Å²) in [5.74, 6) is 1.31. The minimum absolute atomic E-state index is 0.0802. The summed E-state index contributed by atoms with van der Waals surface area (Å²) in [6.45, 7) is 10.0. The largest absolute Gasteiger partial charge is 0.393 e. The van der Waals surface area contributed by atoms with Crippen molar-refractivity contribution in [2.24, 2.45) is 11.8 Å². The SMILES string of the molecule is CCC1CCC(O)C(CN(CC)C(C)CN(C)C)C1. The maximum atomic E-state index is 10.3. The molecule has 0 saturated heterocycles. The van der Waals surface area contributed by atoms with Crippen molar-refractivity contribution in [3.05, 3.63) is 0 Å². The van der Waals surface area contributed by atoms with E-state index in [4.69, 9.17) is 0 Å². The highest BCUT2D eigenvalue weighted by Gasteiger charge is 2.30. The summed E-state index contributed by atoms with van der Waals surface area (Å²) in [6, 6.07) is 0.564. The molecule has 1 aliphatic carbocycles. The molecule has 1 rings (SSSR count). The average Bonchev–Trinajstić information content (AvgIpc) is 2.36. The number of aliphatic hydroxyl groups is 1. The van der Waals surface area contributed by atoms with Gasteiger partial charge in [-0.25, -0.2) is 0 Å². The van der Waals surface area contributed by atoms with Crippen LogP contribution in [0.1, 0.15) is 46.5 Å². The van der Waals surface area contributed by atoms with E-state index in [1.165, 1.54) is 19.3 Å². The van der Waals surface area contributed by atoms with Gasteiger partial charge < -0.3 is 10.0 Å². The Bertz CT molecular complexity index is 245. The third-order valence-corrected chi connectivity index (χ3v) is 4.76. The third kappa shape index (κ3) is 5.41. The Kier molecular flexibility index (Phi) is 7.33. The van der Waals surface area contributed by atoms with Gasteiger partial charge in [0.05, 0.1) is 6.10 Å². The molecule has 0 aliphatic heterocycles. The molecule has 0 aromatic heterocycles. The fourth-order valence-corrected chi connectivity index (χ4v) is 3.48. The van der Waals surface area contributed by atoms with Crippen LogP contribution in [0.5, 0.6) is 0 Å². The van der Waals surface area contributed by atoms with E-state index >= 15 is 0 Å². The lowest BCUT2D eigenvalue weighted by Crippen LogP contribution is -2.45. The van der Waals surface area contributed by atoms with Gasteiger partial charge in [0.15, 0.2) is 0 Å². The highest BCUT2D eigenvalue weighted by molar-refractivity contribution is 4.83. The molecule has 1 N–H and O–H groups in total. The van der Waals surface area contributed by atoms with Crippen molar-refractivity contribution < 1.29 is 5.11 Å². The van der Waals surface area contributed by atoms with Crippen molar-refractivity contribution in [3.8, 4) is 0 Å². The first-order valence-corrected chi connectivity index (χ1v) is 8.04. The number of nitrogens with zero attached hydrogens (tertiary/aromatic N) is 2. The number of aliphatic hydroxyl groups excluding tert-OH is 1. The van der Waals surface area contributed by atoms with Crippen molar-refractivity contribution in [1.82, 2.24) is 9.80 Å². The van der Waals surface area contributed by atoms with Gasteiger partial charge in [0.2, 0.25) is 0 Å². The molecule has 0 bridgehead atoms. The van der Waals surface area contributed by atoms with Crippen LogP contribution in [-0.4, -0.2) is 60.8 Å². The zero-order valence-corrected chi connectivity index (χ0v) is 13.6. The topological polar surface area (TPSA) is 26.7 Å². The minimum Gasteiger partial charge on any atom is -0.393 e. The molecule has 0 aromatic rings. The number of hydrogen-bond donors (Lipinski definition) is 1. The monoisotopic (exact) mass is 270 g/mol. The molecule has 0 amide bonds. The number of likely N-dealkylation sites (N-methyl/N-ethyl adjacent to an activating group) is 2. The summed E-state index contributed by atoms with van der Waals surface area (Å²) in [7, 11) is 4.26. The van der Waals surface area contributed by atoms with Gasteiger partial charge in [-0.3, -0.25) is 4.90 Å². The average molecular weight is 270 g/mol. The van der Waals surface area contributed by atoms with E-state index in [1.54, 1.807) is 0 Å². The van der Waals surface area contributed by atoms with Crippen LogP contribution in [-0.2, 0) is 0 Å². The van der Waals surface area contributed by atoms with Crippen LogP contribution in [0, 0.1) is 11.8 Å². The van der Waals surface area contributed by atoms with Gasteiger partial charge in [0, 0.05) is 19.1 Å². The van der Waals surface area contributed by atoms with E-state index < -0.39 is 0 Å². The molecule has 3 nitrogen and oxygen atoms in total. The van der Waals surface area contributed by atoms with Gasteiger partial charge in [-0.2, -0.15) is 0 Å². The van der Waals surface area contributed by atoms with E-state index in [1.807, 2.05) is 0 Å². The highest BCUT2D eigenvalue weighted by atomic mass is 16.3. The maximum Gasteiger partial charge on any atom is 0.0580 e. The molecule has 4 atom stereocenters. The number of rotatable bonds is 7. The minimum atomic E-state index is -0.0802. The molecular formula is C16H34N2O. The number of hydrogen-bond acceptors (Lipinski definition) is 3. The van der Waals surface area contributed by atoms with Crippen LogP contribution in [0.15, 0.2) is 0 Å². The summed E-state index contributed by atoms with van der Waals surface area (Å²) < 4.78 is 0. The van der Waals surface area contributed by atoms with Crippen LogP contribution in [0.4, 0.5) is 0 Å². The molecule has 0 radical (unpaired) electrons. The van der Waals surface area contributed by atoms with Gasteiger partial charge in [0.1, 0.15) is 0 Å². The van der Waals surface area contributed by atoms with Crippen LogP contribution < -0.4 is 0 Å². The summed E-state index contributed by atoms with van der Waals surface area (Å²) >= 11 is 0. The van der Waals surface area contributed by atoms with Crippen molar-refractivity contribution in [2.75, 3.05) is 33.7 Å². The van der Waals surface area contributed by atoms with Gasteiger partial charge in [-0.15, -0.1) is 0 Å². The molecule has 1 fully saturated rings. The Hall–Kier alpha value is -0.120. The lowest BCUT2D eigenvalue weighted by molar-refractivity contribution is 0.0186. The molecule has 0 heterocycles. The molecule has 0 aromatic carbocycles. The predicted molar refractivity (Wildman–Crippen MR) is 82.4 cm³/mol. The molecule has 114 valence electrons. The molecular weight excluding hydrogens is 236 g/mol. The molecule has 1 aliphatic rings. The summed E-state index contributed by atoms with van der Waals surface area (Å²) in [6.07, 6.45) is 4.62. The lowest BCUT2D eigenvalue weighted by atomic mass is 9.78. The van der Waals surface area contributed by atoms with Crippen LogP contribution in [0.25, 0.3) is 0 Å². The van der Waals surface area contributed by atoms with Crippen LogP contribution >= 0.6 is 0 Å². The zero-order chi connectivity index (χ0) is 14.4. The first-order valence-electron chi connectivity index (χ1n) is 8.04. The first kappa shape index (κ1) is 16.9. The van der Waals surface area contributed by atoms with Gasteiger partial charge in [0.25, 0.3) is 0 Å². The van der Waals surface area contributed by atoms with E-state index in [2.05, 4.69) is 44.7 Å². The predicted octanol–water partition coefficient (Wildman–Crippen LogP) is 2.45. The zero-order valence-electron chi connectivity index (χ0n) is 13.6. The summed E-state index contributed by atoms with van der Waals surface area (Å²) in [4.78, 5) is 4.78. The molecule has 4 unspecified atom stereocenters. The van der Waals surface area contributed by atoms with Crippen molar-refractivity contribution in [3.63, 3.8) is 0 Å². The van der Waals surface area contributed by atoms with Gasteiger partial charge in [-0.05, 0) is 58.7 Å². The maximum absolute atomic E-state index is 10.3. The fraction of sp³-hybridized carbons (Fsp3) is 1.00. The molecule has 1 saturated carbocycles. The van der Waals surface area contributed by atoms with E-state index in [9.17, 15) is 5.11 Å². The summed E-state index contributed by atoms with van der Waals surface area (Å²) in [5.41, 5.74) is 0. The van der Waals surface area contributed by atoms with Crippen LogP contribution in [0.3, 0.4) is 0 Å². The summed E-state index contributed by atoms with van der Waals surface area (Å²) in [5, 5.41) is 10.3. The lowest BCUT2D eigenvalue weighted by Gasteiger charge is -2.38. The van der Waals surface area contributed by atoms with E-state index in [-0.39, 0.29) is 6.10 Å². The first-order chi connectivity index (χ1) is 8.97. The Balaban J connectivity index is 2.53. The van der Waals surface area contributed by atoms with Crippen molar-refractivity contribution >= 4 is 0 Å². The molecule has 19 heavy (non-hydrogen) atoms. The Labute approximate surface area is 120 Å². The van der Waals surface area contributed by atoms with Gasteiger partial charge >= 0.3 is 0 Å². The molecule has 3 heteroatoms. The highest BCUT2D eigenvalue weighted by Crippen LogP contribution is 2.32. The van der Waals surface area contributed by atoms with Crippen molar-refractivity contribution in [1.29, 1.82) is 0 Å². The smallest absolute Gasteiger partial charge is 0.0580 e. The standard InChI is InChI=1S/C16H34N2O/c1-6-14-8-9-16(19)15(10-14)12-18(7-2)13(3)11-17(4)5/h13-16,19H,6-12H2,1-5H3. The van der Waals surface area contributed by atoms with E-state index in [0.29, 0.717) is 12.0 Å². The normalized spacial score (nSPS) is 30.0. The quantitative estimate of drug-likeness (QED) is 0.770. The van der Waals surface area contributed by atoms with Crippen LogP contribution in [0.2, 0.25) is 0 Å². The third-order valence-electron chi connectivity index (χ3n) is 4.76. The Morgan fingerprint density at radius 2 is 1.89 bits per heavy atom. The fourth-order valence-electron chi connectivity index (χ4n) is 3.48. The van der Waals surface area contributed by atoms with E-state index in [0.717, 1.165) is 32.0 Å².